The van der Waals surface area contributed by atoms with Crippen LogP contribution in [0.15, 0.2) is 91.1 Å². The first-order valence-electron chi connectivity index (χ1n) is 13.2. The smallest absolute Gasteiger partial charge is 0.323 e. The SMILES string of the molecule is COc1ccc(C2c3cccn3-c3c(c(C)nn3-c3ccccc3)CN2C(=O)Nc2cc(C)ccc2OC)cc1. The van der Waals surface area contributed by atoms with E-state index in [0.717, 1.165) is 45.3 Å². The van der Waals surface area contributed by atoms with Gasteiger partial charge in [-0.05, 0) is 73.5 Å². The first kappa shape index (κ1) is 25.3. The van der Waals surface area contributed by atoms with E-state index < -0.39 is 0 Å². The zero-order valence-electron chi connectivity index (χ0n) is 23.0. The first-order valence-corrected chi connectivity index (χ1v) is 13.2. The average Bonchev–Trinajstić information content (AvgIpc) is 3.54. The standard InChI is InChI=1S/C32H31N5O3/c1-21-12-17-29(40-4)27(19-21)33-32(38)36-20-26-22(2)34-37(24-9-6-5-7-10-24)31(26)35-18-8-11-28(35)30(36)23-13-15-25(39-3)16-14-23/h5-19,30H,20H2,1-4H3,(H,33,38). The molecule has 8 nitrogen and oxygen atoms in total. The molecule has 6 rings (SSSR count). The molecule has 8 heteroatoms. The van der Waals surface area contributed by atoms with E-state index in [4.69, 9.17) is 14.6 Å². The Morgan fingerprint density at radius 2 is 1.70 bits per heavy atom. The van der Waals surface area contributed by atoms with Gasteiger partial charge in [0.05, 0.1) is 49.6 Å². The number of rotatable bonds is 5. The molecule has 1 N–H and O–H groups in total. The molecule has 3 heterocycles. The van der Waals surface area contributed by atoms with Gasteiger partial charge in [-0.25, -0.2) is 9.48 Å². The predicted octanol–water partition coefficient (Wildman–Crippen LogP) is 6.43. The molecule has 0 aliphatic carbocycles. The lowest BCUT2D eigenvalue weighted by atomic mass is 10.0. The molecule has 0 spiro atoms. The first-order chi connectivity index (χ1) is 19.5. The van der Waals surface area contributed by atoms with E-state index in [-0.39, 0.29) is 12.1 Å². The lowest BCUT2D eigenvalue weighted by Crippen LogP contribution is -2.38. The summed E-state index contributed by atoms with van der Waals surface area (Å²) in [6.07, 6.45) is 2.04. The van der Waals surface area contributed by atoms with Crippen LogP contribution >= 0.6 is 0 Å². The number of urea groups is 1. The van der Waals surface area contributed by atoms with Crippen molar-refractivity contribution in [2.24, 2.45) is 0 Å². The summed E-state index contributed by atoms with van der Waals surface area (Å²) in [6, 6.07) is 27.2. The van der Waals surface area contributed by atoms with Crippen molar-refractivity contribution in [2.75, 3.05) is 19.5 Å². The van der Waals surface area contributed by atoms with Crippen molar-refractivity contribution >= 4 is 11.7 Å². The van der Waals surface area contributed by atoms with Gasteiger partial charge >= 0.3 is 6.03 Å². The minimum absolute atomic E-state index is 0.239. The number of benzene rings is 3. The van der Waals surface area contributed by atoms with Gasteiger partial charge < -0.3 is 24.3 Å². The zero-order chi connectivity index (χ0) is 27.8. The van der Waals surface area contributed by atoms with Crippen LogP contribution in [-0.2, 0) is 6.54 Å². The number of para-hydroxylation sites is 1. The van der Waals surface area contributed by atoms with E-state index in [0.29, 0.717) is 18.0 Å². The van der Waals surface area contributed by atoms with Crippen LogP contribution in [0.3, 0.4) is 0 Å². The van der Waals surface area contributed by atoms with Crippen LogP contribution < -0.4 is 14.8 Å². The third kappa shape index (κ3) is 4.37. The van der Waals surface area contributed by atoms with Crippen molar-refractivity contribution in [1.82, 2.24) is 19.2 Å². The van der Waals surface area contributed by atoms with Crippen LogP contribution in [0.1, 0.15) is 34.1 Å². The largest absolute Gasteiger partial charge is 0.497 e. The van der Waals surface area contributed by atoms with E-state index in [1.54, 1.807) is 14.2 Å². The topological polar surface area (TPSA) is 73.5 Å². The number of carbonyl (C=O) groups is 1. The third-order valence-corrected chi connectivity index (χ3v) is 7.38. The van der Waals surface area contributed by atoms with Crippen molar-refractivity contribution in [2.45, 2.75) is 26.4 Å². The van der Waals surface area contributed by atoms with Crippen molar-refractivity contribution in [1.29, 1.82) is 0 Å². The molecule has 3 aromatic carbocycles. The fourth-order valence-electron chi connectivity index (χ4n) is 5.39. The van der Waals surface area contributed by atoms with E-state index in [1.807, 2.05) is 108 Å². The maximum Gasteiger partial charge on any atom is 0.323 e. The van der Waals surface area contributed by atoms with Gasteiger partial charge in [-0.15, -0.1) is 0 Å². The zero-order valence-corrected chi connectivity index (χ0v) is 23.0. The number of aryl methyl sites for hydroxylation is 2. The Balaban J connectivity index is 1.53. The third-order valence-electron chi connectivity index (χ3n) is 7.38. The number of carbonyl (C=O) groups excluding carboxylic acids is 1. The molecule has 40 heavy (non-hydrogen) atoms. The van der Waals surface area contributed by atoms with E-state index in [2.05, 4.69) is 16.0 Å². The second kappa shape index (κ2) is 10.3. The number of nitrogens with one attached hydrogen (secondary N) is 1. The molecular formula is C32H31N5O3. The van der Waals surface area contributed by atoms with Gasteiger partial charge in [0.25, 0.3) is 0 Å². The van der Waals surface area contributed by atoms with Crippen molar-refractivity contribution in [3.8, 4) is 23.0 Å². The summed E-state index contributed by atoms with van der Waals surface area (Å²) in [7, 11) is 3.25. The van der Waals surface area contributed by atoms with E-state index in [9.17, 15) is 4.79 Å². The number of anilines is 1. The van der Waals surface area contributed by atoms with Crippen molar-refractivity contribution in [3.05, 3.63) is 119 Å². The normalized spacial score (nSPS) is 14.2. The summed E-state index contributed by atoms with van der Waals surface area (Å²) in [6.45, 7) is 4.34. The number of amides is 2. The second-order valence-corrected chi connectivity index (χ2v) is 9.88. The van der Waals surface area contributed by atoms with Gasteiger partial charge in [-0.2, -0.15) is 5.10 Å². The highest BCUT2D eigenvalue weighted by atomic mass is 16.5. The molecule has 0 bridgehead atoms. The van der Waals surface area contributed by atoms with Gasteiger partial charge in [0.15, 0.2) is 0 Å². The van der Waals surface area contributed by atoms with E-state index in [1.165, 1.54) is 0 Å². The van der Waals surface area contributed by atoms with Crippen LogP contribution in [-0.4, -0.2) is 39.5 Å². The monoisotopic (exact) mass is 533 g/mol. The van der Waals surface area contributed by atoms with Gasteiger partial charge in [-0.1, -0.05) is 36.4 Å². The molecule has 2 aromatic heterocycles. The molecule has 2 amide bonds. The number of nitrogens with zero attached hydrogens (tertiary/aromatic N) is 4. The lowest BCUT2D eigenvalue weighted by molar-refractivity contribution is 0.194. The molecule has 1 aliphatic rings. The second-order valence-electron chi connectivity index (χ2n) is 9.88. The molecule has 202 valence electrons. The summed E-state index contributed by atoms with van der Waals surface area (Å²) >= 11 is 0. The molecule has 1 atom stereocenters. The van der Waals surface area contributed by atoms with Crippen LogP contribution in [0, 0.1) is 13.8 Å². The van der Waals surface area contributed by atoms with E-state index >= 15 is 0 Å². The lowest BCUT2D eigenvalue weighted by Gasteiger charge is -2.31. The summed E-state index contributed by atoms with van der Waals surface area (Å²) in [5.41, 5.74) is 6.35. The van der Waals surface area contributed by atoms with Gasteiger partial charge in [-0.3, -0.25) is 0 Å². The van der Waals surface area contributed by atoms with Crippen LogP contribution in [0.2, 0.25) is 0 Å². The number of fused-ring (bicyclic) bond motifs is 3. The van der Waals surface area contributed by atoms with Gasteiger partial charge in [0.1, 0.15) is 17.3 Å². The molecule has 0 saturated carbocycles. The predicted molar refractivity (Wildman–Crippen MR) is 155 cm³/mol. The molecular weight excluding hydrogens is 502 g/mol. The Morgan fingerprint density at radius 1 is 0.925 bits per heavy atom. The highest BCUT2D eigenvalue weighted by Crippen LogP contribution is 2.39. The fraction of sp³-hybridized carbons (Fsp3) is 0.188. The molecule has 1 unspecified atom stereocenters. The number of hydrogen-bond acceptors (Lipinski definition) is 4. The molecule has 5 aromatic rings. The Hall–Kier alpha value is -4.98. The van der Waals surface area contributed by atoms with Crippen molar-refractivity contribution in [3.63, 3.8) is 0 Å². The minimum atomic E-state index is -0.382. The fourth-order valence-corrected chi connectivity index (χ4v) is 5.39. The quantitative estimate of drug-likeness (QED) is 0.282. The highest BCUT2D eigenvalue weighted by molar-refractivity contribution is 5.92. The molecule has 0 saturated heterocycles. The summed E-state index contributed by atoms with van der Waals surface area (Å²) < 4.78 is 15.1. The molecule has 0 radical (unpaired) electrons. The maximum absolute atomic E-state index is 14.2. The molecule has 1 aliphatic heterocycles. The number of methoxy groups -OCH3 is 2. The summed E-state index contributed by atoms with van der Waals surface area (Å²) in [4.78, 5) is 16.1. The Bertz CT molecular complexity index is 1670. The summed E-state index contributed by atoms with van der Waals surface area (Å²) in [5, 5.41) is 8.06. The Kier molecular flexibility index (Phi) is 6.51. The Morgan fingerprint density at radius 3 is 2.42 bits per heavy atom. The maximum atomic E-state index is 14.2. The minimum Gasteiger partial charge on any atom is -0.497 e. The van der Waals surface area contributed by atoms with Crippen LogP contribution in [0.25, 0.3) is 11.5 Å². The van der Waals surface area contributed by atoms with Gasteiger partial charge in [0, 0.05) is 11.8 Å². The summed E-state index contributed by atoms with van der Waals surface area (Å²) in [5.74, 6) is 2.28. The highest BCUT2D eigenvalue weighted by Gasteiger charge is 2.36. The molecule has 0 fully saturated rings. The van der Waals surface area contributed by atoms with Crippen LogP contribution in [0.5, 0.6) is 11.5 Å². The number of aromatic nitrogens is 3. The number of ether oxygens (including phenoxy) is 2. The number of hydrogen-bond donors (Lipinski definition) is 1. The van der Waals surface area contributed by atoms with Crippen LogP contribution in [0.4, 0.5) is 10.5 Å². The van der Waals surface area contributed by atoms with Gasteiger partial charge in [0.2, 0.25) is 0 Å². The Labute approximate surface area is 233 Å². The van der Waals surface area contributed by atoms with Crippen molar-refractivity contribution < 1.29 is 14.3 Å². The average molecular weight is 534 g/mol.